The van der Waals surface area contributed by atoms with Gasteiger partial charge in [0.05, 0.1) is 17.9 Å². The number of benzene rings is 2. The topological polar surface area (TPSA) is 102 Å². The summed E-state index contributed by atoms with van der Waals surface area (Å²) in [5.74, 6) is -0.369. The molecule has 8 nitrogen and oxygen atoms in total. The van der Waals surface area contributed by atoms with Crippen LogP contribution in [0.5, 0.6) is 0 Å². The lowest BCUT2D eigenvalue weighted by atomic mass is 10.1. The largest absolute Gasteiger partial charge is 0.462 e. The van der Waals surface area contributed by atoms with E-state index in [1.165, 1.54) is 0 Å². The van der Waals surface area contributed by atoms with E-state index < -0.39 is 5.97 Å². The van der Waals surface area contributed by atoms with E-state index in [1.54, 1.807) is 48.4 Å². The number of hydrogen-bond acceptors (Lipinski definition) is 6. The number of amides is 2. The molecule has 0 saturated heterocycles. The highest BCUT2D eigenvalue weighted by Gasteiger charge is 2.28. The van der Waals surface area contributed by atoms with Crippen LogP contribution < -0.4 is 5.32 Å². The summed E-state index contributed by atoms with van der Waals surface area (Å²) < 4.78 is 10.4. The summed E-state index contributed by atoms with van der Waals surface area (Å²) in [5.41, 5.74) is 3.82. The second-order valence-electron chi connectivity index (χ2n) is 7.49. The molecule has 2 amide bonds. The number of hydrogen-bond donors (Lipinski definition) is 1. The van der Waals surface area contributed by atoms with Gasteiger partial charge in [0.25, 0.3) is 5.91 Å². The van der Waals surface area contributed by atoms with Gasteiger partial charge in [0.15, 0.2) is 0 Å². The van der Waals surface area contributed by atoms with Gasteiger partial charge in [-0.3, -0.25) is 9.59 Å². The molecule has 0 fully saturated rings. The predicted octanol–water partition coefficient (Wildman–Crippen LogP) is 3.81. The van der Waals surface area contributed by atoms with E-state index in [0.717, 1.165) is 16.8 Å². The van der Waals surface area contributed by atoms with Crippen LogP contribution in [0.3, 0.4) is 0 Å². The maximum absolute atomic E-state index is 12.7. The van der Waals surface area contributed by atoms with Crippen molar-refractivity contribution in [2.45, 2.75) is 26.8 Å². The van der Waals surface area contributed by atoms with Crippen molar-refractivity contribution in [2.75, 3.05) is 18.5 Å². The van der Waals surface area contributed by atoms with E-state index in [4.69, 9.17) is 9.15 Å². The number of aryl methyl sites for hydroxylation is 1. The lowest BCUT2D eigenvalue weighted by Crippen LogP contribution is -2.28. The van der Waals surface area contributed by atoms with E-state index in [1.807, 2.05) is 19.1 Å². The van der Waals surface area contributed by atoms with Gasteiger partial charge < -0.3 is 19.4 Å². The third-order valence-corrected chi connectivity index (χ3v) is 5.12. The first kappa shape index (κ1) is 21.3. The molecule has 1 N–H and O–H groups in total. The van der Waals surface area contributed by atoms with Crippen molar-refractivity contribution >= 4 is 23.5 Å². The molecule has 0 aliphatic carbocycles. The fourth-order valence-electron chi connectivity index (χ4n) is 3.56. The molecule has 8 heteroatoms. The van der Waals surface area contributed by atoms with Crippen molar-refractivity contribution in [1.82, 2.24) is 9.88 Å². The fraction of sp³-hybridized carbons (Fsp3) is 0.250. The molecule has 1 aliphatic heterocycles. The standard InChI is InChI=1S/C24H23N3O5/c1-3-31-24(30)17-7-8-18-13-27(23(29)20(18)12-17)10-9-21(28)26-19-6-4-5-16(11-19)22-25-15(2)14-32-22/h4-8,11-12,14H,3,9-10,13H2,1-2H3,(H,26,28). The first-order valence-electron chi connectivity index (χ1n) is 10.4. The highest BCUT2D eigenvalue weighted by Crippen LogP contribution is 2.25. The Morgan fingerprint density at radius 2 is 2.06 bits per heavy atom. The summed E-state index contributed by atoms with van der Waals surface area (Å²) in [4.78, 5) is 43.0. The molecule has 2 heterocycles. The predicted molar refractivity (Wildman–Crippen MR) is 117 cm³/mol. The Morgan fingerprint density at radius 3 is 2.81 bits per heavy atom. The average molecular weight is 433 g/mol. The van der Waals surface area contributed by atoms with E-state index in [9.17, 15) is 14.4 Å². The SMILES string of the molecule is CCOC(=O)c1ccc2c(c1)C(=O)N(CCC(=O)Nc1cccc(-c3nc(C)co3)c1)C2. The second-order valence-corrected chi connectivity index (χ2v) is 7.49. The molecular weight excluding hydrogens is 410 g/mol. The number of carbonyl (C=O) groups is 3. The number of nitrogens with one attached hydrogen (secondary N) is 1. The smallest absolute Gasteiger partial charge is 0.338 e. The quantitative estimate of drug-likeness (QED) is 0.569. The Labute approximate surface area is 185 Å². The average Bonchev–Trinajstić information content (AvgIpc) is 3.35. The van der Waals surface area contributed by atoms with Crippen molar-refractivity contribution in [3.63, 3.8) is 0 Å². The van der Waals surface area contributed by atoms with Gasteiger partial charge in [-0.2, -0.15) is 0 Å². The number of oxazole rings is 1. The van der Waals surface area contributed by atoms with Crippen molar-refractivity contribution in [3.8, 4) is 11.5 Å². The van der Waals surface area contributed by atoms with Gasteiger partial charge in [0.2, 0.25) is 11.8 Å². The Morgan fingerprint density at radius 1 is 1.22 bits per heavy atom. The number of anilines is 1. The van der Waals surface area contributed by atoms with E-state index in [-0.39, 0.29) is 31.4 Å². The summed E-state index contributed by atoms with van der Waals surface area (Å²) in [6.07, 6.45) is 1.72. The molecule has 0 spiro atoms. The number of carbonyl (C=O) groups excluding carboxylic acids is 3. The van der Waals surface area contributed by atoms with Gasteiger partial charge in [0, 0.05) is 36.3 Å². The minimum absolute atomic E-state index is 0.146. The summed E-state index contributed by atoms with van der Waals surface area (Å²) >= 11 is 0. The van der Waals surface area contributed by atoms with Gasteiger partial charge in [0.1, 0.15) is 6.26 Å². The molecule has 0 radical (unpaired) electrons. The lowest BCUT2D eigenvalue weighted by molar-refractivity contribution is -0.116. The zero-order valence-electron chi connectivity index (χ0n) is 17.9. The van der Waals surface area contributed by atoms with Crippen molar-refractivity contribution in [1.29, 1.82) is 0 Å². The third-order valence-electron chi connectivity index (χ3n) is 5.12. The lowest BCUT2D eigenvalue weighted by Gasteiger charge is -2.15. The first-order chi connectivity index (χ1) is 15.4. The van der Waals surface area contributed by atoms with Crippen molar-refractivity contribution < 1.29 is 23.5 Å². The summed E-state index contributed by atoms with van der Waals surface area (Å²) in [7, 11) is 0. The third kappa shape index (κ3) is 4.54. The van der Waals surface area contributed by atoms with Crippen LogP contribution in [-0.4, -0.2) is 40.8 Å². The molecule has 2 aromatic carbocycles. The number of fused-ring (bicyclic) bond motifs is 1. The van der Waals surface area contributed by atoms with Gasteiger partial charge in [-0.25, -0.2) is 9.78 Å². The van der Waals surface area contributed by atoms with Gasteiger partial charge in [-0.15, -0.1) is 0 Å². The van der Waals surface area contributed by atoms with Crippen LogP contribution in [0.4, 0.5) is 5.69 Å². The molecule has 3 aromatic rings. The Hall–Kier alpha value is -3.94. The number of esters is 1. The first-order valence-corrected chi connectivity index (χ1v) is 10.4. The van der Waals surface area contributed by atoms with Crippen LogP contribution in [0.2, 0.25) is 0 Å². The molecule has 0 bridgehead atoms. The van der Waals surface area contributed by atoms with Gasteiger partial charge in [-0.1, -0.05) is 12.1 Å². The fourth-order valence-corrected chi connectivity index (χ4v) is 3.56. The Kier molecular flexibility index (Phi) is 6.02. The number of nitrogens with zero attached hydrogens (tertiary/aromatic N) is 2. The molecular formula is C24H23N3O5. The van der Waals surface area contributed by atoms with E-state index in [2.05, 4.69) is 10.3 Å². The molecule has 0 atom stereocenters. The minimum atomic E-state index is -0.455. The molecule has 4 rings (SSSR count). The monoisotopic (exact) mass is 433 g/mol. The van der Waals surface area contributed by atoms with Crippen LogP contribution in [0.1, 0.15) is 45.3 Å². The van der Waals surface area contributed by atoms with Crippen molar-refractivity contribution in [3.05, 3.63) is 71.1 Å². The molecule has 1 aromatic heterocycles. The number of ether oxygens (including phenoxy) is 1. The van der Waals surface area contributed by atoms with Crippen LogP contribution in [0, 0.1) is 6.92 Å². The van der Waals surface area contributed by atoms with E-state index in [0.29, 0.717) is 29.2 Å². The second kappa shape index (κ2) is 9.05. The van der Waals surface area contributed by atoms with Crippen LogP contribution in [0.25, 0.3) is 11.5 Å². The minimum Gasteiger partial charge on any atom is -0.462 e. The maximum Gasteiger partial charge on any atom is 0.338 e. The van der Waals surface area contributed by atoms with Gasteiger partial charge in [-0.05, 0) is 49.7 Å². The normalized spacial score (nSPS) is 12.6. The highest BCUT2D eigenvalue weighted by atomic mass is 16.5. The summed E-state index contributed by atoms with van der Waals surface area (Å²) in [6, 6.07) is 12.2. The Balaban J connectivity index is 1.35. The van der Waals surface area contributed by atoms with Crippen LogP contribution in [0.15, 0.2) is 53.1 Å². The Bertz CT molecular complexity index is 1180. The maximum atomic E-state index is 12.7. The van der Waals surface area contributed by atoms with Crippen LogP contribution in [-0.2, 0) is 16.1 Å². The van der Waals surface area contributed by atoms with Gasteiger partial charge >= 0.3 is 5.97 Å². The number of rotatable bonds is 7. The van der Waals surface area contributed by atoms with Crippen molar-refractivity contribution in [2.24, 2.45) is 0 Å². The highest BCUT2D eigenvalue weighted by molar-refractivity contribution is 6.01. The van der Waals surface area contributed by atoms with E-state index >= 15 is 0 Å². The van der Waals surface area contributed by atoms with Crippen LogP contribution >= 0.6 is 0 Å². The molecule has 164 valence electrons. The summed E-state index contributed by atoms with van der Waals surface area (Å²) in [6.45, 7) is 4.52. The molecule has 0 unspecified atom stereocenters. The molecule has 0 saturated carbocycles. The zero-order valence-corrected chi connectivity index (χ0v) is 17.9. The zero-order chi connectivity index (χ0) is 22.7. The summed E-state index contributed by atoms with van der Waals surface area (Å²) in [5, 5.41) is 2.85. The molecule has 32 heavy (non-hydrogen) atoms. The molecule has 1 aliphatic rings. The number of aromatic nitrogens is 1.